The maximum atomic E-state index is 9.05. The van der Waals surface area contributed by atoms with Gasteiger partial charge in [0, 0.05) is 6.54 Å². The van der Waals surface area contributed by atoms with Gasteiger partial charge in [-0.1, -0.05) is 70.8 Å². The van der Waals surface area contributed by atoms with Crippen molar-refractivity contribution in [1.82, 2.24) is 10.3 Å². The molecule has 0 aliphatic rings. The van der Waals surface area contributed by atoms with Gasteiger partial charge in [-0.05, 0) is 25.1 Å². The Kier molecular flexibility index (Phi) is 11.9. The van der Waals surface area contributed by atoms with Crippen LogP contribution >= 0.6 is 0 Å². The zero-order valence-electron chi connectivity index (χ0n) is 14.3. The summed E-state index contributed by atoms with van der Waals surface area (Å²) in [6.07, 6.45) is 13.8. The highest BCUT2D eigenvalue weighted by Crippen LogP contribution is 2.10. The van der Waals surface area contributed by atoms with Crippen LogP contribution in [-0.2, 0) is 13.2 Å². The number of rotatable bonds is 14. The molecule has 0 unspecified atom stereocenters. The quantitative estimate of drug-likeness (QED) is 0.494. The van der Waals surface area contributed by atoms with E-state index < -0.39 is 0 Å². The summed E-state index contributed by atoms with van der Waals surface area (Å²) in [5, 5.41) is 12.5. The van der Waals surface area contributed by atoms with E-state index in [0.29, 0.717) is 0 Å². The molecule has 0 saturated carbocycles. The van der Waals surface area contributed by atoms with Crippen molar-refractivity contribution < 1.29 is 5.11 Å². The number of aromatic nitrogens is 1. The van der Waals surface area contributed by atoms with E-state index >= 15 is 0 Å². The highest BCUT2D eigenvalue weighted by Gasteiger charge is 1.97. The van der Waals surface area contributed by atoms with Gasteiger partial charge in [-0.25, -0.2) is 0 Å². The van der Waals surface area contributed by atoms with Gasteiger partial charge < -0.3 is 10.4 Å². The molecule has 0 bridgehead atoms. The van der Waals surface area contributed by atoms with Crippen molar-refractivity contribution in [3.05, 3.63) is 29.6 Å². The SMILES string of the molecule is CCCCCCCCCCCCNCc1cccc(CO)n1. The molecule has 1 rings (SSSR count). The molecule has 0 spiro atoms. The Bertz CT molecular complexity index is 368. The minimum atomic E-state index is 0.0201. The number of aliphatic hydroxyl groups is 1. The van der Waals surface area contributed by atoms with Crippen molar-refractivity contribution in [3.8, 4) is 0 Å². The summed E-state index contributed by atoms with van der Waals surface area (Å²) >= 11 is 0. The van der Waals surface area contributed by atoms with Crippen LogP contribution in [0.3, 0.4) is 0 Å². The van der Waals surface area contributed by atoms with Gasteiger partial charge in [0.05, 0.1) is 18.0 Å². The second-order valence-corrected chi connectivity index (χ2v) is 6.14. The topological polar surface area (TPSA) is 45.1 Å². The molecule has 2 N–H and O–H groups in total. The molecule has 3 heteroatoms. The first-order chi connectivity index (χ1) is 10.9. The standard InChI is InChI=1S/C19H34N2O/c1-2-3-4-5-6-7-8-9-10-11-15-20-16-18-13-12-14-19(17-22)21-18/h12-14,20,22H,2-11,15-17H2,1H3. The Labute approximate surface area is 136 Å². The highest BCUT2D eigenvalue weighted by atomic mass is 16.3. The lowest BCUT2D eigenvalue weighted by molar-refractivity contribution is 0.276. The third-order valence-electron chi connectivity index (χ3n) is 4.04. The Hall–Kier alpha value is -0.930. The summed E-state index contributed by atoms with van der Waals surface area (Å²) < 4.78 is 0. The smallest absolute Gasteiger partial charge is 0.0853 e. The minimum Gasteiger partial charge on any atom is -0.390 e. The van der Waals surface area contributed by atoms with Gasteiger partial charge in [0.25, 0.3) is 0 Å². The maximum Gasteiger partial charge on any atom is 0.0853 e. The van der Waals surface area contributed by atoms with Crippen LogP contribution in [-0.4, -0.2) is 16.6 Å². The fraction of sp³-hybridized carbons (Fsp3) is 0.737. The van der Waals surface area contributed by atoms with Crippen LogP contribution in [0.5, 0.6) is 0 Å². The van der Waals surface area contributed by atoms with Crippen LogP contribution in [0.1, 0.15) is 82.5 Å². The molecule has 0 amide bonds. The molecule has 0 radical (unpaired) electrons. The summed E-state index contributed by atoms with van der Waals surface area (Å²) in [5.74, 6) is 0. The Morgan fingerprint density at radius 2 is 1.45 bits per heavy atom. The molecule has 0 fully saturated rings. The summed E-state index contributed by atoms with van der Waals surface area (Å²) in [7, 11) is 0. The number of hydrogen-bond acceptors (Lipinski definition) is 3. The molecule has 0 saturated heterocycles. The lowest BCUT2D eigenvalue weighted by Gasteiger charge is -2.06. The van der Waals surface area contributed by atoms with E-state index in [2.05, 4.69) is 17.2 Å². The second kappa shape index (κ2) is 13.7. The number of unbranched alkanes of at least 4 members (excludes halogenated alkanes) is 9. The first-order valence-corrected chi connectivity index (χ1v) is 9.13. The third kappa shape index (κ3) is 9.91. The van der Waals surface area contributed by atoms with Crippen LogP contribution < -0.4 is 5.32 Å². The number of nitrogens with zero attached hydrogens (tertiary/aromatic N) is 1. The van der Waals surface area contributed by atoms with Gasteiger partial charge in [0.1, 0.15) is 0 Å². The first-order valence-electron chi connectivity index (χ1n) is 9.13. The lowest BCUT2D eigenvalue weighted by Crippen LogP contribution is -2.15. The molecule has 1 heterocycles. The van der Waals surface area contributed by atoms with Crippen molar-refractivity contribution in [3.63, 3.8) is 0 Å². The van der Waals surface area contributed by atoms with E-state index in [1.807, 2.05) is 18.2 Å². The largest absolute Gasteiger partial charge is 0.390 e. The molecule has 126 valence electrons. The molecule has 0 aliphatic carbocycles. The van der Waals surface area contributed by atoms with Crippen LogP contribution in [0, 0.1) is 0 Å². The Morgan fingerprint density at radius 3 is 2.09 bits per heavy atom. The highest BCUT2D eigenvalue weighted by molar-refractivity contribution is 5.10. The fourth-order valence-corrected chi connectivity index (χ4v) is 2.67. The van der Waals surface area contributed by atoms with Crippen LogP contribution in [0.4, 0.5) is 0 Å². The normalized spacial score (nSPS) is 11.0. The van der Waals surface area contributed by atoms with Gasteiger partial charge in [-0.2, -0.15) is 0 Å². The van der Waals surface area contributed by atoms with E-state index in [-0.39, 0.29) is 6.61 Å². The van der Waals surface area contributed by atoms with E-state index in [1.165, 1.54) is 64.2 Å². The zero-order chi connectivity index (χ0) is 15.9. The van der Waals surface area contributed by atoms with Gasteiger partial charge in [0.2, 0.25) is 0 Å². The van der Waals surface area contributed by atoms with Crippen LogP contribution in [0.15, 0.2) is 18.2 Å². The predicted octanol–water partition coefficient (Wildman–Crippen LogP) is 4.58. The average Bonchev–Trinajstić information content (AvgIpc) is 2.56. The second-order valence-electron chi connectivity index (χ2n) is 6.14. The van der Waals surface area contributed by atoms with E-state index in [4.69, 9.17) is 5.11 Å². The first kappa shape index (κ1) is 19.1. The fourth-order valence-electron chi connectivity index (χ4n) is 2.67. The molecule has 1 aromatic heterocycles. The minimum absolute atomic E-state index is 0.0201. The predicted molar refractivity (Wildman–Crippen MR) is 93.7 cm³/mol. The third-order valence-corrected chi connectivity index (χ3v) is 4.04. The maximum absolute atomic E-state index is 9.05. The van der Waals surface area contributed by atoms with E-state index in [1.54, 1.807) is 0 Å². The average molecular weight is 306 g/mol. The monoisotopic (exact) mass is 306 g/mol. The molecule has 0 atom stereocenters. The molecule has 1 aromatic rings. The number of nitrogens with one attached hydrogen (secondary N) is 1. The van der Waals surface area contributed by atoms with Crippen molar-refractivity contribution >= 4 is 0 Å². The van der Waals surface area contributed by atoms with Crippen molar-refractivity contribution in [1.29, 1.82) is 0 Å². The molecular formula is C19H34N2O. The summed E-state index contributed by atoms with van der Waals surface area (Å²) in [6, 6.07) is 5.81. The Morgan fingerprint density at radius 1 is 0.864 bits per heavy atom. The number of pyridine rings is 1. The lowest BCUT2D eigenvalue weighted by atomic mass is 10.1. The van der Waals surface area contributed by atoms with Gasteiger partial charge in [-0.3, -0.25) is 4.98 Å². The number of hydrogen-bond donors (Lipinski definition) is 2. The molecule has 0 aromatic carbocycles. The van der Waals surface area contributed by atoms with Crippen LogP contribution in [0.25, 0.3) is 0 Å². The van der Waals surface area contributed by atoms with Crippen LogP contribution in [0.2, 0.25) is 0 Å². The number of aliphatic hydroxyl groups excluding tert-OH is 1. The van der Waals surface area contributed by atoms with Crippen molar-refractivity contribution in [2.45, 2.75) is 84.3 Å². The summed E-state index contributed by atoms with van der Waals surface area (Å²) in [4.78, 5) is 4.37. The van der Waals surface area contributed by atoms with Crippen molar-refractivity contribution in [2.75, 3.05) is 6.54 Å². The molecule has 3 nitrogen and oxygen atoms in total. The van der Waals surface area contributed by atoms with Gasteiger partial charge >= 0.3 is 0 Å². The molecule has 0 aliphatic heterocycles. The summed E-state index contributed by atoms with van der Waals surface area (Å²) in [5.41, 5.74) is 1.76. The van der Waals surface area contributed by atoms with Gasteiger partial charge in [-0.15, -0.1) is 0 Å². The molecular weight excluding hydrogens is 272 g/mol. The zero-order valence-corrected chi connectivity index (χ0v) is 14.3. The van der Waals surface area contributed by atoms with E-state index in [0.717, 1.165) is 24.5 Å². The van der Waals surface area contributed by atoms with Crippen molar-refractivity contribution in [2.24, 2.45) is 0 Å². The summed E-state index contributed by atoms with van der Waals surface area (Å²) in [6.45, 7) is 4.15. The van der Waals surface area contributed by atoms with E-state index in [9.17, 15) is 0 Å². The molecule has 22 heavy (non-hydrogen) atoms. The Balaban J connectivity index is 1.87. The van der Waals surface area contributed by atoms with Gasteiger partial charge in [0.15, 0.2) is 0 Å².